The minimum atomic E-state index is -3.55. The van der Waals surface area contributed by atoms with E-state index in [2.05, 4.69) is 4.98 Å². The highest BCUT2D eigenvalue weighted by atomic mass is 32.2. The molecule has 32 heavy (non-hydrogen) atoms. The SMILES string of the molecule is CCN(CC)S(=O)(=O)c1ccc2c(c1)nc(CCC(=O)OCC=Cc1ccccc1)n2C. The number of carbonyl (C=O) groups excluding carboxylic acids is 1. The normalized spacial score (nSPS) is 12.1. The van der Waals surface area contributed by atoms with Crippen molar-refractivity contribution in [3.05, 3.63) is 66.0 Å². The zero-order valence-electron chi connectivity index (χ0n) is 18.7. The molecule has 0 saturated heterocycles. The molecule has 0 fully saturated rings. The molecule has 0 atom stereocenters. The predicted octanol–water partition coefficient (Wildman–Crippen LogP) is 3.79. The fraction of sp³-hybridized carbons (Fsp3) is 0.333. The van der Waals surface area contributed by atoms with E-state index in [9.17, 15) is 13.2 Å². The molecule has 0 radical (unpaired) electrons. The van der Waals surface area contributed by atoms with Crippen LogP contribution in [0.2, 0.25) is 0 Å². The standard InChI is InChI=1S/C24H29N3O4S/c1-4-27(5-2)32(29,30)20-13-14-22-21(18-20)25-23(26(22)3)15-16-24(28)31-17-9-12-19-10-7-6-8-11-19/h6-14,18H,4-5,15-17H2,1-3H3. The van der Waals surface area contributed by atoms with Gasteiger partial charge in [-0.15, -0.1) is 0 Å². The zero-order valence-corrected chi connectivity index (χ0v) is 19.5. The Labute approximate surface area is 189 Å². The molecule has 1 aromatic heterocycles. The van der Waals surface area contributed by atoms with Crippen LogP contribution in [0.4, 0.5) is 0 Å². The van der Waals surface area contributed by atoms with Crippen LogP contribution >= 0.6 is 0 Å². The van der Waals surface area contributed by atoms with Gasteiger partial charge in [0.05, 0.1) is 22.3 Å². The maximum Gasteiger partial charge on any atom is 0.306 e. The summed E-state index contributed by atoms with van der Waals surface area (Å²) in [6, 6.07) is 14.8. The highest BCUT2D eigenvalue weighted by Gasteiger charge is 2.22. The number of ether oxygens (including phenoxy) is 1. The Morgan fingerprint density at radius 2 is 1.84 bits per heavy atom. The average Bonchev–Trinajstić information content (AvgIpc) is 3.11. The Kier molecular flexibility index (Phi) is 7.82. The number of rotatable bonds is 10. The van der Waals surface area contributed by atoms with E-state index >= 15 is 0 Å². The lowest BCUT2D eigenvalue weighted by Gasteiger charge is -2.18. The Hall–Kier alpha value is -2.97. The lowest BCUT2D eigenvalue weighted by molar-refractivity contribution is -0.142. The summed E-state index contributed by atoms with van der Waals surface area (Å²) < 4.78 is 34.1. The minimum Gasteiger partial charge on any atom is -0.461 e. The van der Waals surface area contributed by atoms with Crippen LogP contribution in [0.25, 0.3) is 17.1 Å². The van der Waals surface area contributed by atoms with E-state index in [1.807, 2.05) is 61.9 Å². The Morgan fingerprint density at radius 3 is 2.53 bits per heavy atom. The number of nitrogens with zero attached hydrogens (tertiary/aromatic N) is 3. The van der Waals surface area contributed by atoms with Crippen LogP contribution in [-0.4, -0.2) is 47.9 Å². The molecular weight excluding hydrogens is 426 g/mol. The van der Waals surface area contributed by atoms with Gasteiger partial charge < -0.3 is 9.30 Å². The monoisotopic (exact) mass is 455 g/mol. The summed E-state index contributed by atoms with van der Waals surface area (Å²) in [5, 5.41) is 0. The van der Waals surface area contributed by atoms with Gasteiger partial charge in [0.1, 0.15) is 12.4 Å². The Bertz CT molecular complexity index is 1200. The first-order valence-corrected chi connectivity index (χ1v) is 12.1. The molecule has 0 saturated carbocycles. The molecule has 0 aliphatic heterocycles. The number of benzene rings is 2. The van der Waals surface area contributed by atoms with E-state index in [0.29, 0.717) is 30.9 Å². The van der Waals surface area contributed by atoms with Crippen LogP contribution in [-0.2, 0) is 33.0 Å². The summed E-state index contributed by atoms with van der Waals surface area (Å²) in [6.07, 6.45) is 4.31. The molecular formula is C24H29N3O4S. The molecule has 0 unspecified atom stereocenters. The number of imidazole rings is 1. The number of fused-ring (bicyclic) bond motifs is 1. The molecule has 3 rings (SSSR count). The van der Waals surface area contributed by atoms with E-state index in [0.717, 1.165) is 11.1 Å². The maximum absolute atomic E-state index is 12.8. The Morgan fingerprint density at radius 1 is 1.12 bits per heavy atom. The predicted molar refractivity (Wildman–Crippen MR) is 126 cm³/mol. The van der Waals surface area contributed by atoms with Crippen LogP contribution in [0.1, 0.15) is 31.7 Å². The van der Waals surface area contributed by atoms with E-state index in [1.165, 1.54) is 4.31 Å². The first-order chi connectivity index (χ1) is 15.4. The van der Waals surface area contributed by atoms with Gasteiger partial charge in [0, 0.05) is 26.6 Å². The fourth-order valence-corrected chi connectivity index (χ4v) is 4.98. The van der Waals surface area contributed by atoms with Crippen LogP contribution < -0.4 is 0 Å². The summed E-state index contributed by atoms with van der Waals surface area (Å²) in [5.41, 5.74) is 2.46. The second-order valence-electron chi connectivity index (χ2n) is 7.32. The molecule has 0 spiro atoms. The van der Waals surface area contributed by atoms with Crippen LogP contribution in [0.3, 0.4) is 0 Å². The first kappa shape index (κ1) is 23.7. The molecule has 2 aromatic carbocycles. The summed E-state index contributed by atoms with van der Waals surface area (Å²) in [5.74, 6) is 0.397. The largest absolute Gasteiger partial charge is 0.461 e. The maximum atomic E-state index is 12.8. The molecule has 170 valence electrons. The van der Waals surface area contributed by atoms with Gasteiger partial charge in [0.2, 0.25) is 10.0 Å². The van der Waals surface area contributed by atoms with Gasteiger partial charge in [-0.3, -0.25) is 4.79 Å². The second-order valence-corrected chi connectivity index (χ2v) is 9.26. The highest BCUT2D eigenvalue weighted by molar-refractivity contribution is 7.89. The lowest BCUT2D eigenvalue weighted by Crippen LogP contribution is -2.30. The van der Waals surface area contributed by atoms with Crippen LogP contribution in [0.15, 0.2) is 59.5 Å². The van der Waals surface area contributed by atoms with Gasteiger partial charge in [-0.25, -0.2) is 13.4 Å². The third kappa shape index (κ3) is 5.44. The quantitative estimate of drug-likeness (QED) is 0.435. The van der Waals surface area contributed by atoms with Crippen molar-refractivity contribution in [1.29, 1.82) is 0 Å². The summed E-state index contributed by atoms with van der Waals surface area (Å²) in [7, 11) is -1.69. The minimum absolute atomic E-state index is 0.195. The molecule has 8 heteroatoms. The van der Waals surface area contributed by atoms with Crippen LogP contribution in [0, 0.1) is 0 Å². The molecule has 0 aliphatic rings. The van der Waals surface area contributed by atoms with Crippen molar-refractivity contribution >= 4 is 33.1 Å². The molecule has 0 bridgehead atoms. The summed E-state index contributed by atoms with van der Waals surface area (Å²) in [6.45, 7) is 4.66. The molecule has 0 amide bonds. The van der Waals surface area contributed by atoms with Crippen molar-refractivity contribution in [3.8, 4) is 0 Å². The van der Waals surface area contributed by atoms with Crippen molar-refractivity contribution in [1.82, 2.24) is 13.9 Å². The third-order valence-electron chi connectivity index (χ3n) is 5.29. The van der Waals surface area contributed by atoms with E-state index in [1.54, 1.807) is 24.3 Å². The van der Waals surface area contributed by atoms with Gasteiger partial charge in [0.25, 0.3) is 0 Å². The smallest absolute Gasteiger partial charge is 0.306 e. The average molecular weight is 456 g/mol. The van der Waals surface area contributed by atoms with Gasteiger partial charge in [0.15, 0.2) is 0 Å². The molecule has 7 nitrogen and oxygen atoms in total. The fourth-order valence-electron chi connectivity index (χ4n) is 3.50. The summed E-state index contributed by atoms with van der Waals surface area (Å²) >= 11 is 0. The van der Waals surface area contributed by atoms with Crippen molar-refractivity contribution < 1.29 is 17.9 Å². The number of aryl methyl sites for hydroxylation is 2. The number of sulfonamides is 1. The van der Waals surface area contributed by atoms with E-state index < -0.39 is 10.0 Å². The number of aromatic nitrogens is 2. The van der Waals surface area contributed by atoms with Gasteiger partial charge in [-0.05, 0) is 29.8 Å². The summed E-state index contributed by atoms with van der Waals surface area (Å²) in [4.78, 5) is 16.9. The topological polar surface area (TPSA) is 81.5 Å². The van der Waals surface area contributed by atoms with Crippen molar-refractivity contribution in [2.75, 3.05) is 19.7 Å². The van der Waals surface area contributed by atoms with Crippen molar-refractivity contribution in [3.63, 3.8) is 0 Å². The third-order valence-corrected chi connectivity index (χ3v) is 7.34. The molecule has 0 aliphatic carbocycles. The number of hydrogen-bond acceptors (Lipinski definition) is 5. The van der Waals surface area contributed by atoms with Crippen molar-refractivity contribution in [2.24, 2.45) is 7.05 Å². The van der Waals surface area contributed by atoms with E-state index in [4.69, 9.17) is 4.74 Å². The van der Waals surface area contributed by atoms with Gasteiger partial charge in [-0.2, -0.15) is 4.31 Å². The zero-order chi connectivity index (χ0) is 23.1. The first-order valence-electron chi connectivity index (χ1n) is 10.7. The Balaban J connectivity index is 1.63. The van der Waals surface area contributed by atoms with Gasteiger partial charge in [-0.1, -0.05) is 50.3 Å². The van der Waals surface area contributed by atoms with Crippen LogP contribution in [0.5, 0.6) is 0 Å². The number of hydrogen-bond donors (Lipinski definition) is 0. The number of esters is 1. The van der Waals surface area contributed by atoms with Gasteiger partial charge >= 0.3 is 5.97 Å². The second kappa shape index (κ2) is 10.6. The molecule has 0 N–H and O–H groups in total. The van der Waals surface area contributed by atoms with E-state index in [-0.39, 0.29) is 23.9 Å². The van der Waals surface area contributed by atoms with Crippen molar-refractivity contribution in [2.45, 2.75) is 31.6 Å². The number of carbonyl (C=O) groups is 1. The highest BCUT2D eigenvalue weighted by Crippen LogP contribution is 2.22. The molecule has 3 aromatic rings. The lowest BCUT2D eigenvalue weighted by atomic mass is 10.2. The molecule has 1 heterocycles.